The smallest absolute Gasteiger partial charge is 0.166 e. The molecule has 0 fully saturated rings. The van der Waals surface area contributed by atoms with Crippen LogP contribution in [0.2, 0.25) is 0 Å². The molecule has 0 spiro atoms. The summed E-state index contributed by atoms with van der Waals surface area (Å²) in [6.07, 6.45) is 2.12. The van der Waals surface area contributed by atoms with Crippen LogP contribution in [0, 0.1) is 11.2 Å². The third-order valence-electron chi connectivity index (χ3n) is 5.44. The molecule has 0 saturated heterocycles. The summed E-state index contributed by atoms with van der Waals surface area (Å²) >= 11 is 0. The van der Waals surface area contributed by atoms with Gasteiger partial charge < -0.3 is 20.4 Å². The zero-order valence-electron chi connectivity index (χ0n) is 17.6. The largest absolute Gasteiger partial charge is 0.482 e. The molecule has 2 bridgehead atoms. The maximum absolute atomic E-state index is 14.1. The number of pyridine rings is 1. The van der Waals surface area contributed by atoms with E-state index in [2.05, 4.69) is 21.0 Å². The van der Waals surface area contributed by atoms with Gasteiger partial charge in [-0.25, -0.2) is 14.8 Å². The summed E-state index contributed by atoms with van der Waals surface area (Å²) in [5, 5.41) is 13.2. The molecule has 0 radical (unpaired) electrons. The number of hydrogen-bond acceptors (Lipinski definition) is 8. The molecule has 9 heteroatoms. The number of anilines is 1. The SMILES string of the molecule is CCc1onc2c1-c1cnc(N)c(c1)O[C@H](C)c1cc(F)ccc1C(=N)C(NNC)C2. The van der Waals surface area contributed by atoms with E-state index in [1.807, 2.05) is 6.92 Å². The van der Waals surface area contributed by atoms with Gasteiger partial charge in [-0.2, -0.15) is 0 Å². The number of ether oxygens (including phenoxy) is 1. The average Bonchev–Trinajstić information content (AvgIpc) is 3.16. The van der Waals surface area contributed by atoms with Gasteiger partial charge in [0.2, 0.25) is 0 Å². The minimum atomic E-state index is -0.562. The van der Waals surface area contributed by atoms with E-state index in [0.29, 0.717) is 35.4 Å². The molecule has 1 unspecified atom stereocenters. The number of nitrogens with one attached hydrogen (secondary N) is 3. The molecule has 1 aliphatic heterocycles. The number of aromatic nitrogens is 2. The zero-order valence-corrected chi connectivity index (χ0v) is 17.6. The molecule has 5 N–H and O–H groups in total. The number of halogens is 1. The van der Waals surface area contributed by atoms with Gasteiger partial charge in [-0.05, 0) is 38.2 Å². The van der Waals surface area contributed by atoms with Crippen LogP contribution in [-0.2, 0) is 12.8 Å². The molecule has 2 aromatic heterocycles. The highest BCUT2D eigenvalue weighted by Crippen LogP contribution is 2.36. The van der Waals surface area contributed by atoms with Crippen LogP contribution in [0.1, 0.15) is 42.5 Å². The average molecular weight is 424 g/mol. The van der Waals surface area contributed by atoms with Crippen LogP contribution < -0.4 is 21.3 Å². The van der Waals surface area contributed by atoms with Crippen molar-refractivity contribution in [3.8, 4) is 16.9 Å². The fourth-order valence-corrected chi connectivity index (χ4v) is 3.91. The highest BCUT2D eigenvalue weighted by atomic mass is 19.1. The Hall–Kier alpha value is -3.30. The summed E-state index contributed by atoms with van der Waals surface area (Å²) < 4.78 is 25.8. The molecule has 1 aliphatic rings. The molecule has 8 nitrogen and oxygen atoms in total. The van der Waals surface area contributed by atoms with E-state index in [9.17, 15) is 4.39 Å². The third-order valence-corrected chi connectivity index (χ3v) is 5.44. The van der Waals surface area contributed by atoms with Crippen LogP contribution >= 0.6 is 0 Å². The molecular weight excluding hydrogens is 399 g/mol. The van der Waals surface area contributed by atoms with Crippen molar-refractivity contribution in [2.75, 3.05) is 12.8 Å². The molecule has 162 valence electrons. The van der Waals surface area contributed by atoms with Crippen molar-refractivity contribution in [2.24, 2.45) is 0 Å². The number of rotatable bonds is 3. The van der Waals surface area contributed by atoms with Crippen LogP contribution in [0.25, 0.3) is 11.1 Å². The van der Waals surface area contributed by atoms with Gasteiger partial charge >= 0.3 is 0 Å². The van der Waals surface area contributed by atoms with E-state index in [4.69, 9.17) is 20.4 Å². The number of hydrogen-bond donors (Lipinski definition) is 4. The highest BCUT2D eigenvalue weighted by molar-refractivity contribution is 6.03. The first kappa shape index (κ1) is 21.0. The van der Waals surface area contributed by atoms with E-state index < -0.39 is 18.0 Å². The number of fused-ring (bicyclic) bond motifs is 5. The Balaban J connectivity index is 1.95. The minimum Gasteiger partial charge on any atom is -0.482 e. The Labute approximate surface area is 179 Å². The van der Waals surface area contributed by atoms with Crippen molar-refractivity contribution >= 4 is 11.5 Å². The van der Waals surface area contributed by atoms with E-state index >= 15 is 0 Å². The van der Waals surface area contributed by atoms with Gasteiger partial charge in [0.15, 0.2) is 11.6 Å². The van der Waals surface area contributed by atoms with Crippen molar-refractivity contribution in [1.82, 2.24) is 21.0 Å². The predicted molar refractivity (Wildman–Crippen MR) is 115 cm³/mol. The summed E-state index contributed by atoms with van der Waals surface area (Å²) in [6, 6.07) is 5.69. The standard InChI is InChI=1S/C22H25FN6O2/c1-4-18-20-12-7-19(22(25)27-10-12)30-11(2)15-8-13(23)5-6-14(15)21(24)17(28-26-3)9-16(20)29-31-18/h5-8,10-11,17,24,26,28H,4,9H2,1-3H3,(H2,25,27)/t11-,17?/m1/s1. The van der Waals surface area contributed by atoms with Gasteiger partial charge in [0.05, 0.1) is 17.4 Å². The predicted octanol–water partition coefficient (Wildman–Crippen LogP) is 3.18. The molecule has 1 aromatic carbocycles. The lowest BCUT2D eigenvalue weighted by molar-refractivity contribution is 0.227. The van der Waals surface area contributed by atoms with Gasteiger partial charge in [0.25, 0.3) is 0 Å². The molecule has 3 heterocycles. The number of hydrazine groups is 1. The van der Waals surface area contributed by atoms with E-state index in [-0.39, 0.29) is 11.5 Å². The number of nitrogens with two attached hydrogens (primary N) is 1. The van der Waals surface area contributed by atoms with Crippen LogP contribution in [0.5, 0.6) is 5.75 Å². The maximum Gasteiger partial charge on any atom is 0.166 e. The summed E-state index contributed by atoms with van der Waals surface area (Å²) in [5.74, 6) is 0.922. The molecule has 0 aliphatic carbocycles. The highest BCUT2D eigenvalue weighted by Gasteiger charge is 2.28. The molecular formula is C22H25FN6O2. The number of benzene rings is 1. The van der Waals surface area contributed by atoms with Crippen molar-refractivity contribution in [3.63, 3.8) is 0 Å². The summed E-state index contributed by atoms with van der Waals surface area (Å²) in [5.41, 5.74) is 15.8. The Morgan fingerprint density at radius 1 is 1.32 bits per heavy atom. The van der Waals surface area contributed by atoms with Gasteiger partial charge in [-0.1, -0.05) is 12.1 Å². The molecule has 3 aromatic rings. The first-order valence-corrected chi connectivity index (χ1v) is 10.1. The number of nitrogens with zero attached hydrogens (tertiary/aromatic N) is 2. The lowest BCUT2D eigenvalue weighted by Gasteiger charge is -2.25. The lowest BCUT2D eigenvalue weighted by atomic mass is 9.91. The fourth-order valence-electron chi connectivity index (χ4n) is 3.91. The van der Waals surface area contributed by atoms with E-state index in [1.54, 1.807) is 32.3 Å². The quantitative estimate of drug-likeness (QED) is 0.476. The monoisotopic (exact) mass is 424 g/mol. The zero-order chi connectivity index (χ0) is 22.1. The Morgan fingerprint density at radius 2 is 2.13 bits per heavy atom. The second-order valence-electron chi connectivity index (χ2n) is 7.44. The molecule has 2 atom stereocenters. The van der Waals surface area contributed by atoms with Crippen molar-refractivity contribution in [2.45, 2.75) is 38.8 Å². The van der Waals surface area contributed by atoms with Crippen LogP contribution in [0.4, 0.5) is 10.2 Å². The first-order chi connectivity index (χ1) is 14.9. The molecule has 31 heavy (non-hydrogen) atoms. The molecule has 4 rings (SSSR count). The summed E-state index contributed by atoms with van der Waals surface area (Å²) in [4.78, 5) is 4.30. The van der Waals surface area contributed by atoms with Gasteiger partial charge in [-0.15, -0.1) is 0 Å². The van der Waals surface area contributed by atoms with Crippen molar-refractivity contribution in [3.05, 3.63) is 58.9 Å². The normalized spacial score (nSPS) is 18.4. The Bertz CT molecular complexity index is 1130. The fraction of sp³-hybridized carbons (Fsp3) is 0.318. The maximum atomic E-state index is 14.1. The topological polar surface area (TPSA) is 122 Å². The number of nitrogen functional groups attached to an aromatic ring is 1. The summed E-state index contributed by atoms with van der Waals surface area (Å²) in [6.45, 7) is 3.78. The van der Waals surface area contributed by atoms with Crippen LogP contribution in [0.3, 0.4) is 0 Å². The van der Waals surface area contributed by atoms with Crippen molar-refractivity contribution < 1.29 is 13.7 Å². The van der Waals surface area contributed by atoms with Gasteiger partial charge in [0, 0.05) is 41.3 Å². The Morgan fingerprint density at radius 3 is 2.87 bits per heavy atom. The third kappa shape index (κ3) is 3.89. The van der Waals surface area contributed by atoms with Crippen LogP contribution in [0.15, 0.2) is 35.0 Å². The molecule has 0 saturated carbocycles. The van der Waals surface area contributed by atoms with E-state index in [0.717, 1.165) is 16.9 Å². The second-order valence-corrected chi connectivity index (χ2v) is 7.44. The van der Waals surface area contributed by atoms with Gasteiger partial charge in [0.1, 0.15) is 17.7 Å². The van der Waals surface area contributed by atoms with E-state index in [1.165, 1.54) is 12.1 Å². The second kappa shape index (κ2) is 8.44. The first-order valence-electron chi connectivity index (χ1n) is 10.1. The minimum absolute atomic E-state index is 0.228. The van der Waals surface area contributed by atoms with Crippen LogP contribution in [-0.4, -0.2) is 28.9 Å². The molecule has 0 amide bonds. The van der Waals surface area contributed by atoms with Crippen molar-refractivity contribution in [1.29, 1.82) is 5.41 Å². The summed E-state index contributed by atoms with van der Waals surface area (Å²) in [7, 11) is 1.73. The van der Waals surface area contributed by atoms with Gasteiger partial charge in [-0.3, -0.25) is 5.43 Å². The Kier molecular flexibility index (Phi) is 5.71. The lowest BCUT2D eigenvalue weighted by Crippen LogP contribution is -2.45. The number of aryl methyl sites for hydroxylation is 1.